The van der Waals surface area contributed by atoms with Crippen LogP contribution < -0.4 is 5.73 Å². The number of anilines is 1. The highest BCUT2D eigenvalue weighted by atomic mass is 16.3. The standard InChI is InChI=1S/C14H15N3O/c1-8-7-12(15)16-17-14(8)13-10-4-2-3-9(10)5-6-11(13)18/h5-7,18H,2-4H2,1H3,(H2,15,16). The molecular formula is C14H15N3O. The minimum Gasteiger partial charge on any atom is -0.507 e. The summed E-state index contributed by atoms with van der Waals surface area (Å²) in [5.41, 5.74) is 10.6. The highest BCUT2D eigenvalue weighted by Gasteiger charge is 2.21. The molecule has 0 unspecified atom stereocenters. The number of nitrogens with two attached hydrogens (primary N) is 1. The summed E-state index contributed by atoms with van der Waals surface area (Å²) in [6.07, 6.45) is 3.20. The van der Waals surface area contributed by atoms with Crippen LogP contribution in [-0.2, 0) is 12.8 Å². The lowest BCUT2D eigenvalue weighted by Gasteiger charge is -2.12. The van der Waals surface area contributed by atoms with Crippen molar-refractivity contribution in [3.05, 3.63) is 34.9 Å². The zero-order valence-corrected chi connectivity index (χ0v) is 10.3. The normalized spacial score (nSPS) is 13.6. The molecule has 0 atom stereocenters. The van der Waals surface area contributed by atoms with Crippen molar-refractivity contribution in [3.8, 4) is 17.0 Å². The third-order valence-electron chi connectivity index (χ3n) is 3.50. The summed E-state index contributed by atoms with van der Waals surface area (Å²) >= 11 is 0. The maximum Gasteiger partial charge on any atom is 0.146 e. The van der Waals surface area contributed by atoms with E-state index in [0.717, 1.165) is 36.1 Å². The van der Waals surface area contributed by atoms with Gasteiger partial charge in [0.05, 0.1) is 5.69 Å². The molecule has 1 aromatic heterocycles. The summed E-state index contributed by atoms with van der Waals surface area (Å²) < 4.78 is 0. The average molecular weight is 241 g/mol. The number of aryl methyl sites for hydroxylation is 2. The van der Waals surface area contributed by atoms with Gasteiger partial charge in [-0.3, -0.25) is 0 Å². The molecule has 2 aromatic rings. The number of fused-ring (bicyclic) bond motifs is 1. The van der Waals surface area contributed by atoms with Gasteiger partial charge in [-0.05, 0) is 55.0 Å². The summed E-state index contributed by atoms with van der Waals surface area (Å²) in [6, 6.07) is 5.54. The molecule has 1 aliphatic carbocycles. The van der Waals surface area contributed by atoms with E-state index in [1.54, 1.807) is 12.1 Å². The molecule has 0 saturated carbocycles. The fourth-order valence-corrected chi connectivity index (χ4v) is 2.67. The minimum absolute atomic E-state index is 0.276. The fraction of sp³-hybridized carbons (Fsp3) is 0.286. The minimum atomic E-state index is 0.276. The van der Waals surface area contributed by atoms with Crippen LogP contribution in [0.3, 0.4) is 0 Å². The molecule has 0 aliphatic heterocycles. The van der Waals surface area contributed by atoms with Crippen molar-refractivity contribution < 1.29 is 5.11 Å². The van der Waals surface area contributed by atoms with E-state index in [0.29, 0.717) is 5.82 Å². The van der Waals surface area contributed by atoms with Crippen LogP contribution in [0.4, 0.5) is 5.82 Å². The molecule has 4 nitrogen and oxygen atoms in total. The Morgan fingerprint density at radius 2 is 2.06 bits per heavy atom. The molecule has 1 aliphatic rings. The van der Waals surface area contributed by atoms with Crippen LogP contribution in [0.1, 0.15) is 23.1 Å². The van der Waals surface area contributed by atoms with Crippen molar-refractivity contribution in [2.45, 2.75) is 26.2 Å². The fourth-order valence-electron chi connectivity index (χ4n) is 2.67. The average Bonchev–Trinajstić information content (AvgIpc) is 2.79. The van der Waals surface area contributed by atoms with Gasteiger partial charge in [0.25, 0.3) is 0 Å². The van der Waals surface area contributed by atoms with Gasteiger partial charge in [-0.2, -0.15) is 0 Å². The van der Waals surface area contributed by atoms with Crippen LogP contribution in [0, 0.1) is 6.92 Å². The zero-order chi connectivity index (χ0) is 12.7. The molecule has 0 amide bonds. The van der Waals surface area contributed by atoms with Gasteiger partial charge in [0, 0.05) is 5.56 Å². The Kier molecular flexibility index (Phi) is 2.44. The van der Waals surface area contributed by atoms with Crippen molar-refractivity contribution in [1.29, 1.82) is 0 Å². The van der Waals surface area contributed by atoms with Crippen LogP contribution in [0.2, 0.25) is 0 Å². The SMILES string of the molecule is Cc1cc(N)nnc1-c1c(O)ccc2c1CCC2. The van der Waals surface area contributed by atoms with Crippen LogP contribution in [0.5, 0.6) is 5.75 Å². The number of phenols is 1. The maximum atomic E-state index is 10.1. The zero-order valence-electron chi connectivity index (χ0n) is 10.3. The second kappa shape index (κ2) is 3.98. The molecule has 3 N–H and O–H groups in total. The highest BCUT2D eigenvalue weighted by Crippen LogP contribution is 2.38. The number of rotatable bonds is 1. The van der Waals surface area contributed by atoms with Gasteiger partial charge in [0.15, 0.2) is 0 Å². The van der Waals surface area contributed by atoms with Gasteiger partial charge in [-0.1, -0.05) is 6.07 Å². The smallest absolute Gasteiger partial charge is 0.146 e. The first kappa shape index (κ1) is 11.0. The lowest BCUT2D eigenvalue weighted by atomic mass is 9.97. The number of nitrogens with zero attached hydrogens (tertiary/aromatic N) is 2. The first-order chi connectivity index (χ1) is 8.66. The van der Waals surface area contributed by atoms with Gasteiger partial charge in [-0.25, -0.2) is 0 Å². The molecule has 0 fully saturated rings. The molecule has 18 heavy (non-hydrogen) atoms. The Morgan fingerprint density at radius 1 is 1.22 bits per heavy atom. The second-order valence-electron chi connectivity index (χ2n) is 4.75. The van der Waals surface area contributed by atoms with E-state index in [9.17, 15) is 5.11 Å². The van der Waals surface area contributed by atoms with E-state index in [-0.39, 0.29) is 5.75 Å². The number of nitrogen functional groups attached to an aromatic ring is 1. The predicted molar refractivity (Wildman–Crippen MR) is 70.3 cm³/mol. The molecule has 3 rings (SSSR count). The lowest BCUT2D eigenvalue weighted by Crippen LogP contribution is -2.00. The lowest BCUT2D eigenvalue weighted by molar-refractivity contribution is 0.476. The predicted octanol–water partition coefficient (Wildman–Crippen LogP) is 2.23. The number of hydrogen-bond donors (Lipinski definition) is 2. The van der Waals surface area contributed by atoms with Crippen molar-refractivity contribution in [1.82, 2.24) is 10.2 Å². The van der Waals surface area contributed by atoms with Gasteiger partial charge in [0.2, 0.25) is 0 Å². The maximum absolute atomic E-state index is 10.1. The Morgan fingerprint density at radius 3 is 2.83 bits per heavy atom. The summed E-state index contributed by atoms with van der Waals surface area (Å²) in [4.78, 5) is 0. The van der Waals surface area contributed by atoms with Crippen molar-refractivity contribution in [2.24, 2.45) is 0 Å². The third kappa shape index (κ3) is 1.61. The van der Waals surface area contributed by atoms with Gasteiger partial charge >= 0.3 is 0 Å². The molecule has 0 radical (unpaired) electrons. The Hall–Kier alpha value is -2.10. The van der Waals surface area contributed by atoms with E-state index in [1.165, 1.54) is 11.1 Å². The van der Waals surface area contributed by atoms with Gasteiger partial charge < -0.3 is 10.8 Å². The molecule has 1 heterocycles. The van der Waals surface area contributed by atoms with Crippen LogP contribution in [0.15, 0.2) is 18.2 Å². The highest BCUT2D eigenvalue weighted by molar-refractivity contribution is 5.75. The van der Waals surface area contributed by atoms with E-state index in [4.69, 9.17) is 5.73 Å². The summed E-state index contributed by atoms with van der Waals surface area (Å²) in [7, 11) is 0. The molecule has 0 spiro atoms. The molecule has 1 aromatic carbocycles. The number of benzene rings is 1. The van der Waals surface area contributed by atoms with E-state index < -0.39 is 0 Å². The molecule has 92 valence electrons. The third-order valence-corrected chi connectivity index (χ3v) is 3.50. The molecule has 4 heteroatoms. The topological polar surface area (TPSA) is 72.0 Å². The van der Waals surface area contributed by atoms with Crippen LogP contribution >= 0.6 is 0 Å². The number of aromatic nitrogens is 2. The number of phenolic OH excluding ortho intramolecular Hbond substituents is 1. The van der Waals surface area contributed by atoms with Gasteiger partial charge in [-0.15, -0.1) is 10.2 Å². The molecular weight excluding hydrogens is 226 g/mol. The Bertz CT molecular complexity index is 623. The summed E-state index contributed by atoms with van der Waals surface area (Å²) in [5.74, 6) is 0.682. The van der Waals surface area contributed by atoms with Gasteiger partial charge in [0.1, 0.15) is 11.6 Å². The quantitative estimate of drug-likeness (QED) is 0.803. The van der Waals surface area contributed by atoms with Crippen molar-refractivity contribution >= 4 is 5.82 Å². The molecule has 0 saturated heterocycles. The Balaban J connectivity index is 2.26. The van der Waals surface area contributed by atoms with E-state index in [2.05, 4.69) is 10.2 Å². The second-order valence-corrected chi connectivity index (χ2v) is 4.75. The first-order valence-corrected chi connectivity index (χ1v) is 6.10. The van der Waals surface area contributed by atoms with Crippen molar-refractivity contribution in [3.63, 3.8) is 0 Å². The summed E-state index contributed by atoms with van der Waals surface area (Å²) in [6.45, 7) is 1.94. The Labute approximate surface area is 105 Å². The monoisotopic (exact) mass is 241 g/mol. The number of hydrogen-bond acceptors (Lipinski definition) is 4. The van der Waals surface area contributed by atoms with E-state index in [1.807, 2.05) is 13.0 Å². The van der Waals surface area contributed by atoms with Crippen LogP contribution in [0.25, 0.3) is 11.3 Å². The summed E-state index contributed by atoms with van der Waals surface area (Å²) in [5, 5.41) is 18.2. The number of aromatic hydroxyl groups is 1. The largest absolute Gasteiger partial charge is 0.507 e. The molecule has 0 bridgehead atoms. The van der Waals surface area contributed by atoms with Crippen LogP contribution in [-0.4, -0.2) is 15.3 Å². The first-order valence-electron chi connectivity index (χ1n) is 6.10. The van der Waals surface area contributed by atoms with E-state index >= 15 is 0 Å². The van der Waals surface area contributed by atoms with Crippen molar-refractivity contribution in [2.75, 3.05) is 5.73 Å².